The first kappa shape index (κ1) is 10.9. The molecule has 0 radical (unpaired) electrons. The van der Waals surface area contributed by atoms with Crippen molar-refractivity contribution in [1.29, 1.82) is 0 Å². The van der Waals surface area contributed by atoms with Crippen LogP contribution in [0.15, 0.2) is 58.5 Å². The molecule has 1 aromatic carbocycles. The number of hydrogen-bond donors (Lipinski definition) is 0. The molecule has 0 heterocycles. The highest BCUT2D eigenvalue weighted by atomic mass is 32.2. The summed E-state index contributed by atoms with van der Waals surface area (Å²) < 4.78 is 4.83. The lowest BCUT2D eigenvalue weighted by Gasteiger charge is -1.95. The summed E-state index contributed by atoms with van der Waals surface area (Å²) in [5, 5.41) is 2.10. The molecule has 0 N–H and O–H groups in total. The van der Waals surface area contributed by atoms with E-state index >= 15 is 0 Å². The highest BCUT2D eigenvalue weighted by Gasteiger charge is 1.88. The second kappa shape index (κ2) is 6.33. The lowest BCUT2D eigenvalue weighted by atomic mass is 10.3. The quantitative estimate of drug-likeness (QED) is 0.420. The second-order valence-corrected chi connectivity index (χ2v) is 3.77. The fraction of sp³-hybridized carbons (Fsp3) is 0.167. The van der Waals surface area contributed by atoms with E-state index in [1.54, 1.807) is 25.1 Å². The summed E-state index contributed by atoms with van der Waals surface area (Å²) in [5.41, 5.74) is 1.18. The molecule has 0 unspecified atom stereocenters. The third-order valence-corrected chi connectivity index (χ3v) is 2.63. The van der Waals surface area contributed by atoms with Crippen LogP contribution in [0.5, 0.6) is 0 Å². The zero-order valence-electron chi connectivity index (χ0n) is 8.44. The van der Waals surface area contributed by atoms with Gasteiger partial charge in [0.25, 0.3) is 0 Å². The Hall–Kier alpha value is -1.15. The van der Waals surface area contributed by atoms with Crippen LogP contribution in [-0.2, 0) is 4.74 Å². The second-order valence-electron chi connectivity index (χ2n) is 2.83. The van der Waals surface area contributed by atoms with Crippen LogP contribution in [0.2, 0.25) is 0 Å². The molecule has 0 atom stereocenters. The van der Waals surface area contributed by atoms with Gasteiger partial charge in [0.15, 0.2) is 0 Å². The van der Waals surface area contributed by atoms with Gasteiger partial charge in [0.2, 0.25) is 0 Å². The molecule has 0 aliphatic carbocycles. The molecule has 1 rings (SSSR count). The molecule has 1 nitrogen and oxygen atoms in total. The monoisotopic (exact) mass is 206 g/mol. The number of thioether (sulfide) groups is 1. The number of benzene rings is 1. The van der Waals surface area contributed by atoms with E-state index in [1.807, 2.05) is 31.2 Å². The van der Waals surface area contributed by atoms with E-state index in [1.165, 1.54) is 10.5 Å². The maximum Gasteiger partial charge on any atom is 0.0827 e. The lowest BCUT2D eigenvalue weighted by molar-refractivity contribution is 0.338. The van der Waals surface area contributed by atoms with Gasteiger partial charge < -0.3 is 4.74 Å². The van der Waals surface area contributed by atoms with E-state index in [9.17, 15) is 0 Å². The van der Waals surface area contributed by atoms with Crippen molar-refractivity contribution in [3.05, 3.63) is 53.7 Å². The first-order valence-corrected chi connectivity index (χ1v) is 5.28. The Kier molecular flexibility index (Phi) is 4.94. The molecule has 0 aromatic heterocycles. The maximum absolute atomic E-state index is 4.83. The Labute approximate surface area is 89.5 Å². The van der Waals surface area contributed by atoms with Gasteiger partial charge in [-0.1, -0.05) is 30.0 Å². The van der Waals surface area contributed by atoms with Gasteiger partial charge in [-0.05, 0) is 36.1 Å². The Bertz CT molecular complexity index is 314. The molecule has 0 aliphatic heterocycles. The molecule has 0 fully saturated rings. The van der Waals surface area contributed by atoms with Crippen LogP contribution >= 0.6 is 11.8 Å². The van der Waals surface area contributed by atoms with Crippen molar-refractivity contribution in [3.8, 4) is 0 Å². The smallest absolute Gasteiger partial charge is 0.0827 e. The fourth-order valence-corrected chi connectivity index (χ4v) is 1.59. The van der Waals surface area contributed by atoms with E-state index in [4.69, 9.17) is 4.74 Å². The summed E-state index contributed by atoms with van der Waals surface area (Å²) in [6.07, 6.45) is 3.62. The summed E-state index contributed by atoms with van der Waals surface area (Å²) in [7, 11) is 1.65. The first-order valence-electron chi connectivity index (χ1n) is 4.41. The molecule has 74 valence electrons. The molecule has 0 amide bonds. The fourth-order valence-electron chi connectivity index (χ4n) is 0.875. The molecule has 0 saturated carbocycles. The number of hydrogen-bond acceptors (Lipinski definition) is 2. The average Bonchev–Trinajstić information content (AvgIpc) is 2.25. The zero-order chi connectivity index (χ0) is 10.2. The molecular weight excluding hydrogens is 192 g/mol. The van der Waals surface area contributed by atoms with Crippen LogP contribution in [0.25, 0.3) is 0 Å². The molecule has 0 saturated heterocycles. The van der Waals surface area contributed by atoms with Gasteiger partial charge >= 0.3 is 0 Å². The molecule has 0 spiro atoms. The van der Waals surface area contributed by atoms with Crippen LogP contribution in [0.3, 0.4) is 0 Å². The summed E-state index contributed by atoms with van der Waals surface area (Å²) >= 11 is 1.71. The average molecular weight is 206 g/mol. The molecule has 0 bridgehead atoms. The Morgan fingerprint density at radius 2 is 2.00 bits per heavy atom. The minimum Gasteiger partial charge on any atom is -0.504 e. The van der Waals surface area contributed by atoms with E-state index in [0.717, 1.165) is 0 Å². The zero-order valence-corrected chi connectivity index (χ0v) is 9.25. The molecular formula is C12H14OS. The van der Waals surface area contributed by atoms with Crippen molar-refractivity contribution in [2.75, 3.05) is 7.11 Å². The molecule has 1 aromatic rings. The summed E-state index contributed by atoms with van der Waals surface area (Å²) in [5.74, 6) is 0. The normalized spacial score (nSPS) is 12.0. The van der Waals surface area contributed by atoms with Gasteiger partial charge in [-0.3, -0.25) is 0 Å². The van der Waals surface area contributed by atoms with Gasteiger partial charge in [-0.25, -0.2) is 0 Å². The summed E-state index contributed by atoms with van der Waals surface area (Å²) in [6, 6.07) is 10.3. The number of ether oxygens (including phenoxy) is 1. The summed E-state index contributed by atoms with van der Waals surface area (Å²) in [4.78, 5) is 1.25. The van der Waals surface area contributed by atoms with Crippen LogP contribution in [0.4, 0.5) is 0 Å². The minimum absolute atomic E-state index is 1.18. The number of rotatable bonds is 4. The van der Waals surface area contributed by atoms with Crippen molar-refractivity contribution in [2.45, 2.75) is 11.8 Å². The van der Waals surface area contributed by atoms with E-state index in [0.29, 0.717) is 0 Å². The number of allylic oxidation sites excluding steroid dienone is 2. The van der Waals surface area contributed by atoms with Crippen LogP contribution < -0.4 is 0 Å². The van der Waals surface area contributed by atoms with Crippen molar-refractivity contribution in [3.63, 3.8) is 0 Å². The predicted molar refractivity (Wildman–Crippen MR) is 62.2 cm³/mol. The Morgan fingerprint density at radius 1 is 1.29 bits per heavy atom. The molecule has 0 aliphatic rings. The third-order valence-electron chi connectivity index (χ3n) is 1.59. The van der Waals surface area contributed by atoms with Crippen molar-refractivity contribution >= 4 is 11.8 Å². The predicted octanol–water partition coefficient (Wildman–Crippen LogP) is 3.84. The minimum atomic E-state index is 1.18. The third kappa shape index (κ3) is 4.19. The van der Waals surface area contributed by atoms with Gasteiger partial charge in [0.05, 0.1) is 13.4 Å². The molecule has 14 heavy (non-hydrogen) atoms. The van der Waals surface area contributed by atoms with Crippen LogP contribution in [0, 0.1) is 0 Å². The van der Waals surface area contributed by atoms with Crippen molar-refractivity contribution < 1.29 is 4.74 Å². The topological polar surface area (TPSA) is 9.23 Å². The lowest BCUT2D eigenvalue weighted by Crippen LogP contribution is -1.70. The van der Waals surface area contributed by atoms with Crippen LogP contribution in [0.1, 0.15) is 6.92 Å². The van der Waals surface area contributed by atoms with Crippen molar-refractivity contribution in [2.24, 2.45) is 0 Å². The Balaban J connectivity index is 2.51. The maximum atomic E-state index is 4.83. The molecule has 2 heteroatoms. The van der Waals surface area contributed by atoms with Crippen molar-refractivity contribution in [1.82, 2.24) is 0 Å². The first-order chi connectivity index (χ1) is 6.83. The highest BCUT2D eigenvalue weighted by molar-refractivity contribution is 8.02. The summed E-state index contributed by atoms with van der Waals surface area (Å²) in [6.45, 7) is 2.05. The van der Waals surface area contributed by atoms with Gasteiger partial charge in [-0.2, -0.15) is 0 Å². The van der Waals surface area contributed by atoms with Gasteiger partial charge in [0, 0.05) is 4.90 Å². The largest absolute Gasteiger partial charge is 0.504 e. The van der Waals surface area contributed by atoms with E-state index in [2.05, 4.69) is 17.5 Å². The van der Waals surface area contributed by atoms with Gasteiger partial charge in [-0.15, -0.1) is 0 Å². The SMILES string of the molecule is CO/C=C/C(C)=C/Sc1ccccc1. The number of methoxy groups -OCH3 is 1. The highest BCUT2D eigenvalue weighted by Crippen LogP contribution is 2.20. The van der Waals surface area contributed by atoms with E-state index < -0.39 is 0 Å². The standard InChI is InChI=1S/C12H14OS/c1-11(8-9-13-2)10-14-12-6-4-3-5-7-12/h3-10H,1-2H3/b9-8+,11-10+. The van der Waals surface area contributed by atoms with E-state index in [-0.39, 0.29) is 0 Å². The van der Waals surface area contributed by atoms with Crippen LogP contribution in [-0.4, -0.2) is 7.11 Å². The Morgan fingerprint density at radius 3 is 2.64 bits per heavy atom. The van der Waals surface area contributed by atoms with Gasteiger partial charge in [0.1, 0.15) is 0 Å².